The zero-order chi connectivity index (χ0) is 12.2. The Morgan fingerprint density at radius 2 is 2.00 bits per heavy atom. The normalized spacial score (nSPS) is 11.4. The van der Waals surface area contributed by atoms with E-state index in [0.717, 1.165) is 4.65 Å². The second-order valence-corrected chi connectivity index (χ2v) is 10.8. The third-order valence-electron chi connectivity index (χ3n) is 1.77. The van der Waals surface area contributed by atoms with E-state index in [0.29, 0.717) is 20.5 Å². The Kier molecular flexibility index (Phi) is 5.38. The van der Waals surface area contributed by atoms with Crippen LogP contribution in [0, 0.1) is 0 Å². The Morgan fingerprint density at radius 1 is 1.44 bits per heavy atom. The molecule has 0 bridgehead atoms. The van der Waals surface area contributed by atoms with Gasteiger partial charge in [-0.25, -0.2) is 0 Å². The van der Waals surface area contributed by atoms with Gasteiger partial charge < -0.3 is 0 Å². The molecule has 0 spiro atoms. The van der Waals surface area contributed by atoms with E-state index in [4.69, 9.17) is 5.73 Å². The molecule has 0 aliphatic heterocycles. The zero-order valence-corrected chi connectivity index (χ0v) is 13.3. The molecule has 1 amide bonds. The van der Waals surface area contributed by atoms with Crippen LogP contribution in [0.25, 0.3) is 0 Å². The molecule has 2 N–H and O–H groups in total. The van der Waals surface area contributed by atoms with Gasteiger partial charge in [0.05, 0.1) is 0 Å². The Bertz CT molecular complexity index is 361. The maximum absolute atomic E-state index is 10.9. The van der Waals surface area contributed by atoms with E-state index in [9.17, 15) is 4.79 Å². The van der Waals surface area contributed by atoms with Crippen molar-refractivity contribution in [1.29, 1.82) is 0 Å². The van der Waals surface area contributed by atoms with Crippen molar-refractivity contribution >= 4 is 53.0 Å². The van der Waals surface area contributed by atoms with Crippen molar-refractivity contribution in [2.45, 2.75) is 17.5 Å². The first-order valence-corrected chi connectivity index (χ1v) is 8.59. The zero-order valence-electron chi connectivity index (χ0n) is 9.20. The van der Waals surface area contributed by atoms with Gasteiger partial charge in [0.1, 0.15) is 0 Å². The number of thioether (sulfide) groups is 1. The molecule has 1 aromatic carbocycles. The van der Waals surface area contributed by atoms with Crippen molar-refractivity contribution in [2.24, 2.45) is 5.73 Å². The molecular formula is C11H14BrNOSSe. The van der Waals surface area contributed by atoms with Crippen molar-refractivity contribution in [3.8, 4) is 0 Å². The summed E-state index contributed by atoms with van der Waals surface area (Å²) in [5.74, 6) is -0.366. The van der Waals surface area contributed by atoms with Crippen molar-refractivity contribution < 1.29 is 4.79 Å². The van der Waals surface area contributed by atoms with Gasteiger partial charge in [-0.05, 0) is 0 Å². The molecule has 0 fully saturated rings. The van der Waals surface area contributed by atoms with Crippen LogP contribution < -0.4 is 10.2 Å². The first kappa shape index (κ1) is 14.1. The molecule has 1 rings (SSSR count). The summed E-state index contributed by atoms with van der Waals surface area (Å²) >= 11 is 5.92. The van der Waals surface area contributed by atoms with Crippen LogP contribution >= 0.6 is 27.7 Å². The fourth-order valence-corrected chi connectivity index (χ4v) is 6.57. The predicted octanol–water partition coefficient (Wildman–Crippen LogP) is 1.94. The number of benzene rings is 1. The molecule has 16 heavy (non-hydrogen) atoms. The predicted molar refractivity (Wildman–Crippen MR) is 75.8 cm³/mol. The van der Waals surface area contributed by atoms with Gasteiger partial charge in [0, 0.05) is 0 Å². The van der Waals surface area contributed by atoms with Crippen LogP contribution in [0.2, 0.25) is 0 Å². The number of carbonyl (C=O) groups is 1. The summed E-state index contributed by atoms with van der Waals surface area (Å²) in [6.45, 7) is 4.29. The second kappa shape index (κ2) is 6.10. The minimum absolute atomic E-state index is 0.141. The molecule has 2 nitrogen and oxygen atoms in total. The number of amides is 1. The Balaban J connectivity index is 2.47. The summed E-state index contributed by atoms with van der Waals surface area (Å²) in [7, 11) is 0. The quantitative estimate of drug-likeness (QED) is 0.639. The van der Waals surface area contributed by atoms with Gasteiger partial charge in [0.25, 0.3) is 0 Å². The molecule has 0 radical (unpaired) electrons. The van der Waals surface area contributed by atoms with Crippen molar-refractivity contribution in [2.75, 3.05) is 4.65 Å². The van der Waals surface area contributed by atoms with Crippen molar-refractivity contribution in [3.05, 3.63) is 29.8 Å². The summed E-state index contributed by atoms with van der Waals surface area (Å²) in [6, 6.07) is 7.57. The third kappa shape index (κ3) is 5.39. The van der Waals surface area contributed by atoms with Crippen LogP contribution in [-0.4, -0.2) is 29.2 Å². The molecule has 0 aliphatic carbocycles. The Morgan fingerprint density at radius 3 is 2.44 bits per heavy atom. The molecule has 0 aromatic heterocycles. The average Bonchev–Trinajstić information content (AvgIpc) is 2.16. The van der Waals surface area contributed by atoms with Crippen LogP contribution in [0.3, 0.4) is 0 Å². The number of hydrogen-bond acceptors (Lipinski definition) is 2. The Hall–Kier alpha value is 0.0395. The fourth-order valence-electron chi connectivity index (χ4n) is 0.953. The molecule has 0 saturated carbocycles. The number of primary amides is 1. The molecule has 0 heterocycles. The molecule has 5 heteroatoms. The molecule has 0 atom stereocenters. The molecule has 0 unspecified atom stereocenters. The number of rotatable bonds is 5. The monoisotopic (exact) mass is 367 g/mol. The van der Waals surface area contributed by atoms with E-state index in [-0.39, 0.29) is 9.56 Å². The van der Waals surface area contributed by atoms with E-state index in [1.807, 2.05) is 23.9 Å². The summed E-state index contributed by atoms with van der Waals surface area (Å²) in [4.78, 5) is 10.9. The van der Waals surface area contributed by atoms with Gasteiger partial charge in [-0.1, -0.05) is 0 Å². The van der Waals surface area contributed by atoms with Gasteiger partial charge in [0.15, 0.2) is 0 Å². The van der Waals surface area contributed by atoms with Crippen molar-refractivity contribution in [1.82, 2.24) is 0 Å². The first-order valence-electron chi connectivity index (χ1n) is 4.74. The molecular weight excluding hydrogens is 353 g/mol. The summed E-state index contributed by atoms with van der Waals surface area (Å²) < 4.78 is 2.55. The van der Waals surface area contributed by atoms with Crippen LogP contribution in [-0.2, 0) is 0 Å². The Labute approximate surface area is 115 Å². The summed E-state index contributed by atoms with van der Waals surface area (Å²) in [5.41, 5.74) is 5.75. The van der Waals surface area contributed by atoms with Crippen molar-refractivity contribution in [3.63, 3.8) is 0 Å². The number of carbonyl (C=O) groups excluding carboxylic acids is 1. The van der Waals surface area contributed by atoms with Gasteiger partial charge >= 0.3 is 116 Å². The van der Waals surface area contributed by atoms with E-state index >= 15 is 0 Å². The molecule has 88 valence electrons. The second-order valence-electron chi connectivity index (χ2n) is 3.66. The van der Waals surface area contributed by atoms with Crippen LogP contribution in [0.1, 0.15) is 24.2 Å². The maximum atomic E-state index is 10.9. The number of alkyl halides is 1. The topological polar surface area (TPSA) is 43.1 Å². The number of hydrogen-bond donors (Lipinski definition) is 1. The van der Waals surface area contributed by atoms with Crippen LogP contribution in [0.4, 0.5) is 0 Å². The summed E-state index contributed by atoms with van der Waals surface area (Å²) in [6.07, 6.45) is 0. The van der Waals surface area contributed by atoms with Gasteiger partial charge in [-0.2, -0.15) is 0 Å². The molecule has 0 aliphatic rings. The fraction of sp³-hybridized carbons (Fsp3) is 0.364. The SMILES string of the molecule is CC(C)(Br)SC[Se]c1ccc(C(N)=O)cc1. The van der Waals surface area contributed by atoms with Gasteiger partial charge in [0.2, 0.25) is 0 Å². The summed E-state index contributed by atoms with van der Waals surface area (Å²) in [5, 5.41) is 0. The average molecular weight is 367 g/mol. The first-order chi connectivity index (χ1) is 7.38. The van der Waals surface area contributed by atoms with E-state index in [1.165, 1.54) is 4.46 Å². The number of nitrogens with two attached hydrogens (primary N) is 1. The minimum atomic E-state index is -0.366. The van der Waals surface area contributed by atoms with E-state index in [2.05, 4.69) is 29.8 Å². The standard InChI is InChI=1S/C11H14BrNOSSe/c1-11(2,12)15-7-16-9-5-3-8(4-6-9)10(13)14/h3-6H,7H2,1-2H3,(H2,13,14). The van der Waals surface area contributed by atoms with Crippen LogP contribution in [0.5, 0.6) is 0 Å². The molecule has 0 saturated heterocycles. The number of halogens is 1. The van der Waals surface area contributed by atoms with Gasteiger partial charge in [-0.3, -0.25) is 0 Å². The van der Waals surface area contributed by atoms with Crippen LogP contribution in [0.15, 0.2) is 24.3 Å². The third-order valence-corrected chi connectivity index (χ3v) is 6.13. The van der Waals surface area contributed by atoms with Gasteiger partial charge in [-0.15, -0.1) is 0 Å². The van der Waals surface area contributed by atoms with E-state index in [1.54, 1.807) is 12.1 Å². The van der Waals surface area contributed by atoms with E-state index < -0.39 is 0 Å². The molecule has 1 aromatic rings.